The van der Waals surface area contributed by atoms with Gasteiger partial charge in [0.05, 0.1) is 12.2 Å². The highest BCUT2D eigenvalue weighted by Crippen LogP contribution is 2.19. The first-order valence-corrected chi connectivity index (χ1v) is 7.86. The van der Waals surface area contributed by atoms with E-state index in [1.807, 2.05) is 31.2 Å². The van der Waals surface area contributed by atoms with Gasteiger partial charge in [-0.05, 0) is 25.6 Å². The Morgan fingerprint density at radius 3 is 2.55 bits per heavy atom. The van der Waals surface area contributed by atoms with Gasteiger partial charge in [-0.1, -0.05) is 19.1 Å². The van der Waals surface area contributed by atoms with E-state index in [-0.39, 0.29) is 18.2 Å². The highest BCUT2D eigenvalue weighted by atomic mass is 35.5. The van der Waals surface area contributed by atoms with Crippen LogP contribution in [0.15, 0.2) is 24.3 Å². The molecule has 1 aliphatic rings. The third-order valence-electron chi connectivity index (χ3n) is 3.98. The quantitative estimate of drug-likeness (QED) is 0.570. The largest absolute Gasteiger partial charge is 0.493 e. The number of carbonyl (C=O) groups excluding carboxylic acids is 1. The van der Waals surface area contributed by atoms with E-state index in [0.29, 0.717) is 18.6 Å². The SMILES string of the molecule is CCC(=O)c1ccccc1OCCCN1CCN(C)CC1.Cl. The zero-order chi connectivity index (χ0) is 15.1. The third-order valence-corrected chi connectivity index (χ3v) is 3.98. The lowest BCUT2D eigenvalue weighted by Crippen LogP contribution is -2.44. The van der Waals surface area contributed by atoms with Crippen molar-refractivity contribution >= 4 is 18.2 Å². The number of hydrogen-bond donors (Lipinski definition) is 0. The Morgan fingerprint density at radius 1 is 1.18 bits per heavy atom. The predicted octanol–water partition coefficient (Wildman–Crippen LogP) is 2.72. The van der Waals surface area contributed by atoms with Crippen LogP contribution in [0.2, 0.25) is 0 Å². The van der Waals surface area contributed by atoms with Gasteiger partial charge in [-0.3, -0.25) is 4.79 Å². The van der Waals surface area contributed by atoms with E-state index < -0.39 is 0 Å². The van der Waals surface area contributed by atoms with E-state index in [1.54, 1.807) is 0 Å². The van der Waals surface area contributed by atoms with Crippen LogP contribution < -0.4 is 4.74 Å². The molecule has 0 bridgehead atoms. The van der Waals surface area contributed by atoms with Gasteiger partial charge < -0.3 is 14.5 Å². The molecule has 0 amide bonds. The number of ketones is 1. The fourth-order valence-corrected chi connectivity index (χ4v) is 2.56. The summed E-state index contributed by atoms with van der Waals surface area (Å²) in [6.45, 7) is 8.19. The monoisotopic (exact) mass is 326 g/mol. The van der Waals surface area contributed by atoms with E-state index in [4.69, 9.17) is 4.74 Å². The summed E-state index contributed by atoms with van der Waals surface area (Å²) in [5, 5.41) is 0. The van der Waals surface area contributed by atoms with Crippen molar-refractivity contribution in [3.05, 3.63) is 29.8 Å². The number of hydrogen-bond acceptors (Lipinski definition) is 4. The Bertz CT molecular complexity index is 460. The average molecular weight is 327 g/mol. The molecule has 0 radical (unpaired) electrons. The van der Waals surface area contributed by atoms with Gasteiger partial charge in [0.15, 0.2) is 5.78 Å². The summed E-state index contributed by atoms with van der Waals surface area (Å²) in [5.41, 5.74) is 0.708. The second-order valence-electron chi connectivity index (χ2n) is 5.62. The molecule has 1 aromatic carbocycles. The molecule has 0 saturated carbocycles. The molecule has 2 rings (SSSR count). The Balaban J connectivity index is 0.00000242. The van der Waals surface area contributed by atoms with E-state index in [9.17, 15) is 4.79 Å². The van der Waals surface area contributed by atoms with Crippen LogP contribution in [0.5, 0.6) is 5.75 Å². The number of piperazine rings is 1. The predicted molar refractivity (Wildman–Crippen MR) is 92.4 cm³/mol. The van der Waals surface area contributed by atoms with Gasteiger partial charge in [0, 0.05) is 39.1 Å². The van der Waals surface area contributed by atoms with Crippen molar-refractivity contribution in [3.8, 4) is 5.75 Å². The summed E-state index contributed by atoms with van der Waals surface area (Å²) >= 11 is 0. The van der Waals surface area contributed by atoms with Gasteiger partial charge in [-0.2, -0.15) is 0 Å². The van der Waals surface area contributed by atoms with Crippen LogP contribution in [0.3, 0.4) is 0 Å². The first-order valence-electron chi connectivity index (χ1n) is 7.86. The van der Waals surface area contributed by atoms with Crippen LogP contribution in [0.1, 0.15) is 30.1 Å². The van der Waals surface area contributed by atoms with Crippen molar-refractivity contribution in [2.45, 2.75) is 19.8 Å². The maximum absolute atomic E-state index is 11.9. The van der Waals surface area contributed by atoms with Crippen molar-refractivity contribution in [1.82, 2.24) is 9.80 Å². The highest BCUT2D eigenvalue weighted by Gasteiger charge is 2.13. The Hall–Kier alpha value is -1.10. The summed E-state index contributed by atoms with van der Waals surface area (Å²) in [6.07, 6.45) is 1.51. The van der Waals surface area contributed by atoms with Crippen molar-refractivity contribution in [3.63, 3.8) is 0 Å². The zero-order valence-electron chi connectivity index (χ0n) is 13.6. The lowest BCUT2D eigenvalue weighted by Gasteiger charge is -2.32. The molecule has 4 nitrogen and oxygen atoms in total. The van der Waals surface area contributed by atoms with Crippen molar-refractivity contribution in [1.29, 1.82) is 0 Å². The lowest BCUT2D eigenvalue weighted by atomic mass is 10.1. The van der Waals surface area contributed by atoms with Crippen LogP contribution in [0.4, 0.5) is 0 Å². The summed E-state index contributed by atoms with van der Waals surface area (Å²) in [7, 11) is 2.17. The zero-order valence-corrected chi connectivity index (χ0v) is 14.4. The molecule has 1 aliphatic heterocycles. The molecule has 5 heteroatoms. The summed E-state index contributed by atoms with van der Waals surface area (Å²) in [5.74, 6) is 0.868. The standard InChI is InChI=1S/C17H26N2O2.ClH/c1-3-16(20)15-7-4-5-8-17(15)21-14-6-9-19-12-10-18(2)11-13-19;/h4-5,7-8H,3,6,9-14H2,1-2H3;1H. The molecule has 0 aromatic heterocycles. The second kappa shape index (κ2) is 9.82. The molecule has 0 atom stereocenters. The summed E-state index contributed by atoms with van der Waals surface area (Å²) in [6, 6.07) is 7.54. The molecule has 124 valence electrons. The molecule has 0 spiro atoms. The van der Waals surface area contributed by atoms with Crippen LogP contribution in [-0.2, 0) is 0 Å². The molecular formula is C17H27ClN2O2. The minimum absolute atomic E-state index is 0. The average Bonchev–Trinajstić information content (AvgIpc) is 2.53. The van der Waals surface area contributed by atoms with E-state index >= 15 is 0 Å². The van der Waals surface area contributed by atoms with Gasteiger partial charge >= 0.3 is 0 Å². The van der Waals surface area contributed by atoms with E-state index in [2.05, 4.69) is 16.8 Å². The number of para-hydroxylation sites is 1. The Kier molecular flexibility index (Phi) is 8.46. The van der Waals surface area contributed by atoms with Gasteiger partial charge in [0.25, 0.3) is 0 Å². The van der Waals surface area contributed by atoms with Crippen molar-refractivity contribution in [2.24, 2.45) is 0 Å². The third kappa shape index (κ3) is 5.59. The molecule has 22 heavy (non-hydrogen) atoms. The second-order valence-corrected chi connectivity index (χ2v) is 5.62. The fourth-order valence-electron chi connectivity index (χ4n) is 2.56. The number of carbonyl (C=O) groups is 1. The lowest BCUT2D eigenvalue weighted by molar-refractivity contribution is 0.0983. The highest BCUT2D eigenvalue weighted by molar-refractivity contribution is 5.98. The molecule has 0 N–H and O–H groups in total. The number of benzene rings is 1. The maximum atomic E-state index is 11.9. The molecule has 0 aliphatic carbocycles. The minimum Gasteiger partial charge on any atom is -0.493 e. The number of Topliss-reactive ketones (excluding diaryl/α,β-unsaturated/α-hetero) is 1. The smallest absolute Gasteiger partial charge is 0.166 e. The molecular weight excluding hydrogens is 300 g/mol. The van der Waals surface area contributed by atoms with E-state index in [1.165, 1.54) is 0 Å². The Labute approximate surface area is 139 Å². The molecule has 0 unspecified atom stereocenters. The summed E-state index contributed by atoms with van der Waals surface area (Å²) < 4.78 is 5.81. The van der Waals surface area contributed by atoms with Gasteiger partial charge in [-0.25, -0.2) is 0 Å². The normalized spacial score (nSPS) is 16.1. The maximum Gasteiger partial charge on any atom is 0.166 e. The molecule has 1 aromatic rings. The number of rotatable bonds is 7. The molecule has 1 fully saturated rings. The fraction of sp³-hybridized carbons (Fsp3) is 0.588. The topological polar surface area (TPSA) is 32.8 Å². The van der Waals surface area contributed by atoms with Gasteiger partial charge in [0.2, 0.25) is 0 Å². The number of nitrogens with zero attached hydrogens (tertiary/aromatic N) is 2. The van der Waals surface area contributed by atoms with Crippen LogP contribution in [-0.4, -0.2) is 62.0 Å². The van der Waals surface area contributed by atoms with Crippen LogP contribution >= 0.6 is 12.4 Å². The van der Waals surface area contributed by atoms with Crippen molar-refractivity contribution in [2.75, 3.05) is 46.4 Å². The molecule has 1 heterocycles. The number of halogens is 1. The Morgan fingerprint density at radius 2 is 1.86 bits per heavy atom. The number of likely N-dealkylation sites (N-methyl/N-ethyl adjacent to an activating group) is 1. The van der Waals surface area contributed by atoms with E-state index in [0.717, 1.165) is 44.9 Å². The minimum atomic E-state index is 0. The van der Waals surface area contributed by atoms with Crippen molar-refractivity contribution < 1.29 is 9.53 Å². The van der Waals surface area contributed by atoms with Crippen LogP contribution in [0, 0.1) is 0 Å². The van der Waals surface area contributed by atoms with Crippen LogP contribution in [0.25, 0.3) is 0 Å². The summed E-state index contributed by atoms with van der Waals surface area (Å²) in [4.78, 5) is 16.7. The molecule has 1 saturated heterocycles. The first kappa shape index (κ1) is 18.9. The van der Waals surface area contributed by atoms with Gasteiger partial charge in [0.1, 0.15) is 5.75 Å². The van der Waals surface area contributed by atoms with Gasteiger partial charge in [-0.15, -0.1) is 12.4 Å². The first-order chi connectivity index (χ1) is 10.2. The number of ether oxygens (including phenoxy) is 1.